The molecule has 2 aromatic carbocycles. The number of hydrogen-bond donors (Lipinski definition) is 2. The molecule has 2 rings (SSSR count). The number of rotatable bonds is 6. The highest BCUT2D eigenvalue weighted by Gasteiger charge is 2.25. The Morgan fingerprint density at radius 3 is 2.29 bits per heavy atom. The Hall–Kier alpha value is -1.91. The minimum atomic E-state index is -0.576. The van der Waals surface area contributed by atoms with Crippen LogP contribution in [0.2, 0.25) is 0 Å². The zero-order valence-corrected chi connectivity index (χ0v) is 12.3. The van der Waals surface area contributed by atoms with Crippen molar-refractivity contribution in [2.24, 2.45) is 0 Å². The van der Waals surface area contributed by atoms with Gasteiger partial charge in [0, 0.05) is 19.3 Å². The van der Waals surface area contributed by atoms with Crippen LogP contribution in [0.25, 0.3) is 0 Å². The summed E-state index contributed by atoms with van der Waals surface area (Å²) in [5.41, 5.74) is 1.88. The number of anilines is 1. The first kappa shape index (κ1) is 15.5. The van der Waals surface area contributed by atoms with Crippen LogP contribution in [-0.4, -0.2) is 31.9 Å². The van der Waals surface area contributed by atoms with Gasteiger partial charge in [-0.1, -0.05) is 30.3 Å². The van der Waals surface area contributed by atoms with Crippen molar-refractivity contribution in [3.05, 3.63) is 66.0 Å². The molecule has 0 bridgehead atoms. The Kier molecular flexibility index (Phi) is 5.31. The average molecular weight is 288 g/mol. The second kappa shape index (κ2) is 7.20. The van der Waals surface area contributed by atoms with E-state index in [9.17, 15) is 9.50 Å². The topological polar surface area (TPSA) is 35.5 Å². The highest BCUT2D eigenvalue weighted by atomic mass is 19.1. The molecule has 0 heterocycles. The van der Waals surface area contributed by atoms with E-state index < -0.39 is 6.10 Å². The molecule has 0 radical (unpaired) electrons. The molecule has 0 aromatic heterocycles. The molecule has 2 atom stereocenters. The van der Waals surface area contributed by atoms with Crippen LogP contribution in [0.1, 0.15) is 11.6 Å². The van der Waals surface area contributed by atoms with Gasteiger partial charge in [0.2, 0.25) is 0 Å². The van der Waals surface area contributed by atoms with E-state index >= 15 is 0 Å². The molecular formula is C17H21FN2O. The average Bonchev–Trinajstić information content (AvgIpc) is 2.49. The van der Waals surface area contributed by atoms with Gasteiger partial charge in [0.15, 0.2) is 0 Å². The Bertz CT molecular complexity index is 544. The summed E-state index contributed by atoms with van der Waals surface area (Å²) in [7, 11) is 3.72. The third kappa shape index (κ3) is 3.80. The van der Waals surface area contributed by atoms with Gasteiger partial charge in [0.25, 0.3) is 0 Å². The van der Waals surface area contributed by atoms with Gasteiger partial charge in [-0.25, -0.2) is 4.39 Å². The van der Waals surface area contributed by atoms with Crippen molar-refractivity contribution >= 4 is 5.69 Å². The highest BCUT2D eigenvalue weighted by molar-refractivity contribution is 5.48. The van der Waals surface area contributed by atoms with Crippen molar-refractivity contribution in [2.45, 2.75) is 12.1 Å². The molecule has 4 heteroatoms. The van der Waals surface area contributed by atoms with Crippen LogP contribution in [0.15, 0.2) is 54.6 Å². The maximum Gasteiger partial charge on any atom is 0.123 e. The standard InChI is InChI=1S/C17H21FN2O/c1-19-12-16(21)17(13-6-4-3-5-7-13)20(2)15-10-8-14(18)9-11-15/h3-11,16-17,19,21H,12H2,1-2H3/t16-,17+/m0/s1. The lowest BCUT2D eigenvalue weighted by Crippen LogP contribution is -2.39. The molecule has 21 heavy (non-hydrogen) atoms. The normalized spacial score (nSPS) is 13.7. The van der Waals surface area contributed by atoms with Crippen LogP contribution in [0.5, 0.6) is 0 Å². The predicted octanol–water partition coefficient (Wildman–Crippen LogP) is 2.58. The third-order valence-corrected chi connectivity index (χ3v) is 3.57. The lowest BCUT2D eigenvalue weighted by Gasteiger charge is -2.34. The number of hydrogen-bond acceptors (Lipinski definition) is 3. The molecule has 0 amide bonds. The van der Waals surface area contributed by atoms with Crippen LogP contribution in [0.4, 0.5) is 10.1 Å². The molecule has 0 saturated carbocycles. The van der Waals surface area contributed by atoms with Gasteiger partial charge in [-0.05, 0) is 36.9 Å². The van der Waals surface area contributed by atoms with Gasteiger partial charge < -0.3 is 15.3 Å². The summed E-state index contributed by atoms with van der Waals surface area (Å²) in [5.74, 6) is -0.265. The summed E-state index contributed by atoms with van der Waals surface area (Å²) in [4.78, 5) is 1.97. The second-order valence-corrected chi connectivity index (χ2v) is 5.07. The van der Waals surface area contributed by atoms with E-state index in [2.05, 4.69) is 5.32 Å². The summed E-state index contributed by atoms with van der Waals surface area (Å²) in [6, 6.07) is 15.9. The van der Waals surface area contributed by atoms with Crippen molar-refractivity contribution < 1.29 is 9.50 Å². The van der Waals surface area contributed by atoms with Crippen molar-refractivity contribution in [1.82, 2.24) is 5.32 Å². The molecule has 0 fully saturated rings. The maximum atomic E-state index is 13.1. The fourth-order valence-corrected chi connectivity index (χ4v) is 2.51. The third-order valence-electron chi connectivity index (χ3n) is 3.57. The fourth-order valence-electron chi connectivity index (χ4n) is 2.51. The van der Waals surface area contributed by atoms with Gasteiger partial charge in [0.05, 0.1) is 12.1 Å². The Labute approximate surface area is 125 Å². The molecule has 0 saturated heterocycles. The van der Waals surface area contributed by atoms with Gasteiger partial charge in [-0.2, -0.15) is 0 Å². The van der Waals surface area contributed by atoms with Gasteiger partial charge in [-0.3, -0.25) is 0 Å². The van der Waals surface area contributed by atoms with E-state index in [4.69, 9.17) is 0 Å². The van der Waals surface area contributed by atoms with E-state index in [-0.39, 0.29) is 11.9 Å². The molecule has 0 aliphatic carbocycles. The lowest BCUT2D eigenvalue weighted by molar-refractivity contribution is 0.142. The zero-order chi connectivity index (χ0) is 15.2. The number of benzene rings is 2. The summed E-state index contributed by atoms with van der Waals surface area (Å²) in [6.45, 7) is 0.477. The van der Waals surface area contributed by atoms with Crippen molar-refractivity contribution in [3.8, 4) is 0 Å². The number of likely N-dealkylation sites (N-methyl/N-ethyl adjacent to an activating group) is 2. The number of nitrogens with one attached hydrogen (secondary N) is 1. The summed E-state index contributed by atoms with van der Waals surface area (Å²) in [6.07, 6.45) is -0.576. The van der Waals surface area contributed by atoms with Gasteiger partial charge in [-0.15, -0.1) is 0 Å². The lowest BCUT2D eigenvalue weighted by atomic mass is 9.99. The van der Waals surface area contributed by atoms with Crippen LogP contribution < -0.4 is 10.2 Å². The maximum absolute atomic E-state index is 13.1. The molecule has 0 aliphatic heterocycles. The first-order valence-electron chi connectivity index (χ1n) is 6.99. The van der Waals surface area contributed by atoms with Crippen LogP contribution in [0, 0.1) is 5.82 Å². The van der Waals surface area contributed by atoms with Crippen molar-refractivity contribution in [1.29, 1.82) is 0 Å². The van der Waals surface area contributed by atoms with Crippen LogP contribution >= 0.6 is 0 Å². The van der Waals surface area contributed by atoms with Gasteiger partial charge in [0.1, 0.15) is 5.82 Å². The van der Waals surface area contributed by atoms with Gasteiger partial charge >= 0.3 is 0 Å². The molecule has 0 aliphatic rings. The largest absolute Gasteiger partial charge is 0.389 e. The monoisotopic (exact) mass is 288 g/mol. The smallest absolute Gasteiger partial charge is 0.123 e. The second-order valence-electron chi connectivity index (χ2n) is 5.07. The SMILES string of the molecule is CNC[C@H](O)[C@@H](c1ccccc1)N(C)c1ccc(F)cc1. The molecule has 2 N–H and O–H groups in total. The van der Waals surface area contributed by atoms with E-state index in [1.165, 1.54) is 12.1 Å². The van der Waals surface area contributed by atoms with E-state index in [0.717, 1.165) is 11.3 Å². The van der Waals surface area contributed by atoms with Crippen molar-refractivity contribution in [3.63, 3.8) is 0 Å². The van der Waals surface area contributed by atoms with Crippen molar-refractivity contribution in [2.75, 3.05) is 25.5 Å². The number of halogens is 1. The fraction of sp³-hybridized carbons (Fsp3) is 0.294. The highest BCUT2D eigenvalue weighted by Crippen LogP contribution is 2.28. The predicted molar refractivity (Wildman–Crippen MR) is 83.9 cm³/mol. The van der Waals surface area contributed by atoms with E-state index in [1.807, 2.05) is 49.3 Å². The Morgan fingerprint density at radius 1 is 1.10 bits per heavy atom. The van der Waals surface area contributed by atoms with E-state index in [0.29, 0.717) is 6.54 Å². The van der Waals surface area contributed by atoms with E-state index in [1.54, 1.807) is 12.1 Å². The molecule has 112 valence electrons. The minimum absolute atomic E-state index is 0.205. The summed E-state index contributed by atoms with van der Waals surface area (Å²) < 4.78 is 13.1. The first-order valence-corrected chi connectivity index (χ1v) is 6.99. The Balaban J connectivity index is 2.32. The van der Waals surface area contributed by atoms with Crippen LogP contribution in [-0.2, 0) is 0 Å². The quantitative estimate of drug-likeness (QED) is 0.857. The van der Waals surface area contributed by atoms with Crippen LogP contribution in [0.3, 0.4) is 0 Å². The number of aliphatic hydroxyl groups excluding tert-OH is 1. The summed E-state index contributed by atoms with van der Waals surface area (Å²) >= 11 is 0. The number of aliphatic hydroxyl groups is 1. The minimum Gasteiger partial charge on any atom is -0.389 e. The molecule has 0 spiro atoms. The number of nitrogens with zero attached hydrogens (tertiary/aromatic N) is 1. The zero-order valence-electron chi connectivity index (χ0n) is 12.3. The molecular weight excluding hydrogens is 267 g/mol. The molecule has 0 unspecified atom stereocenters. The Morgan fingerprint density at radius 2 is 1.71 bits per heavy atom. The summed E-state index contributed by atoms with van der Waals surface area (Å²) in [5, 5.41) is 13.5. The molecule has 3 nitrogen and oxygen atoms in total. The molecule has 2 aromatic rings. The first-order chi connectivity index (χ1) is 10.1.